The Morgan fingerprint density at radius 1 is 1.32 bits per heavy atom. The minimum atomic E-state index is 0.245. The standard InChI is InChI=1S/C19H22N4O2/c1-13-18-9-15(11-21-19(18)23-22-13)20-10-14-4-6-16(7-5-14)25-12-17-3-2-8-24-17/h4-7,9,11,17,20H,2-3,8,10,12H2,1H3,(H,21,22,23). The molecule has 0 aliphatic carbocycles. The fourth-order valence-corrected chi connectivity index (χ4v) is 2.99. The van der Waals surface area contributed by atoms with E-state index in [2.05, 4.69) is 38.7 Å². The van der Waals surface area contributed by atoms with Crippen LogP contribution in [0.3, 0.4) is 0 Å². The van der Waals surface area contributed by atoms with Crippen LogP contribution in [-0.4, -0.2) is 34.5 Å². The largest absolute Gasteiger partial charge is 0.491 e. The van der Waals surface area contributed by atoms with E-state index in [9.17, 15) is 0 Å². The highest BCUT2D eigenvalue weighted by atomic mass is 16.5. The van der Waals surface area contributed by atoms with Crippen LogP contribution in [0.25, 0.3) is 11.0 Å². The van der Waals surface area contributed by atoms with Gasteiger partial charge in [0, 0.05) is 24.2 Å². The van der Waals surface area contributed by atoms with Crippen LogP contribution in [0.1, 0.15) is 24.1 Å². The number of ether oxygens (including phenoxy) is 2. The number of nitrogens with zero attached hydrogens (tertiary/aromatic N) is 2. The van der Waals surface area contributed by atoms with Gasteiger partial charge >= 0.3 is 0 Å². The van der Waals surface area contributed by atoms with E-state index < -0.39 is 0 Å². The molecule has 1 saturated heterocycles. The molecule has 1 aliphatic heterocycles. The summed E-state index contributed by atoms with van der Waals surface area (Å²) in [6.45, 7) is 4.22. The number of rotatable bonds is 6. The van der Waals surface area contributed by atoms with E-state index >= 15 is 0 Å². The molecular weight excluding hydrogens is 316 g/mol. The van der Waals surface area contributed by atoms with Gasteiger partial charge in [-0.1, -0.05) is 12.1 Å². The number of fused-ring (bicyclic) bond motifs is 1. The monoisotopic (exact) mass is 338 g/mol. The van der Waals surface area contributed by atoms with Crippen LogP contribution in [0, 0.1) is 6.92 Å². The third-order valence-corrected chi connectivity index (χ3v) is 4.48. The van der Waals surface area contributed by atoms with E-state index in [-0.39, 0.29) is 6.10 Å². The lowest BCUT2D eigenvalue weighted by Crippen LogP contribution is -2.16. The highest BCUT2D eigenvalue weighted by molar-refractivity contribution is 5.80. The summed E-state index contributed by atoms with van der Waals surface area (Å²) < 4.78 is 11.4. The van der Waals surface area contributed by atoms with Gasteiger partial charge in [-0.2, -0.15) is 5.10 Å². The van der Waals surface area contributed by atoms with Gasteiger partial charge in [-0.15, -0.1) is 0 Å². The summed E-state index contributed by atoms with van der Waals surface area (Å²) >= 11 is 0. The summed E-state index contributed by atoms with van der Waals surface area (Å²) in [5.41, 5.74) is 3.94. The van der Waals surface area contributed by atoms with Gasteiger partial charge in [-0.05, 0) is 43.5 Å². The van der Waals surface area contributed by atoms with Gasteiger partial charge in [0.25, 0.3) is 0 Å². The van der Waals surface area contributed by atoms with Crippen molar-refractivity contribution >= 4 is 16.7 Å². The Balaban J connectivity index is 1.33. The van der Waals surface area contributed by atoms with Gasteiger partial charge in [-0.25, -0.2) is 4.98 Å². The van der Waals surface area contributed by atoms with Crippen LogP contribution in [0.2, 0.25) is 0 Å². The van der Waals surface area contributed by atoms with Crippen LogP contribution in [-0.2, 0) is 11.3 Å². The molecule has 3 aromatic rings. The normalized spacial score (nSPS) is 17.1. The van der Waals surface area contributed by atoms with Gasteiger partial charge in [0.1, 0.15) is 12.4 Å². The molecule has 2 N–H and O–H groups in total. The van der Waals surface area contributed by atoms with Gasteiger partial charge in [-0.3, -0.25) is 5.10 Å². The first-order valence-electron chi connectivity index (χ1n) is 8.66. The van der Waals surface area contributed by atoms with E-state index in [1.54, 1.807) is 0 Å². The van der Waals surface area contributed by atoms with E-state index in [0.717, 1.165) is 54.2 Å². The van der Waals surface area contributed by atoms with Crippen molar-refractivity contribution in [3.8, 4) is 5.75 Å². The summed E-state index contributed by atoms with van der Waals surface area (Å²) in [6.07, 6.45) is 4.28. The van der Waals surface area contributed by atoms with Crippen LogP contribution in [0.4, 0.5) is 5.69 Å². The molecule has 1 atom stereocenters. The Bertz CT molecular complexity index is 838. The predicted molar refractivity (Wildman–Crippen MR) is 96.9 cm³/mol. The molecule has 25 heavy (non-hydrogen) atoms. The molecule has 0 spiro atoms. The van der Waals surface area contributed by atoms with Crippen LogP contribution in [0.15, 0.2) is 36.5 Å². The highest BCUT2D eigenvalue weighted by Crippen LogP contribution is 2.19. The number of hydrogen-bond donors (Lipinski definition) is 2. The smallest absolute Gasteiger partial charge is 0.181 e. The molecule has 0 saturated carbocycles. The number of hydrogen-bond acceptors (Lipinski definition) is 5. The molecule has 4 rings (SSSR count). The fraction of sp³-hybridized carbons (Fsp3) is 0.368. The zero-order valence-corrected chi connectivity index (χ0v) is 14.3. The average Bonchev–Trinajstić information content (AvgIpc) is 3.29. The third kappa shape index (κ3) is 3.74. The topological polar surface area (TPSA) is 72.1 Å². The molecule has 1 fully saturated rings. The number of aromatic nitrogens is 3. The van der Waals surface area contributed by atoms with E-state index in [4.69, 9.17) is 9.47 Å². The van der Waals surface area contributed by atoms with E-state index in [1.807, 2.05) is 25.3 Å². The molecular formula is C19H22N4O2. The van der Waals surface area contributed by atoms with E-state index in [1.165, 1.54) is 5.56 Å². The number of benzene rings is 1. The first-order chi connectivity index (χ1) is 12.3. The second-order valence-electron chi connectivity index (χ2n) is 6.39. The summed E-state index contributed by atoms with van der Waals surface area (Å²) in [6, 6.07) is 10.2. The molecule has 3 heterocycles. The second kappa shape index (κ2) is 7.11. The number of H-pyrrole nitrogens is 1. The molecule has 2 aromatic heterocycles. The summed E-state index contributed by atoms with van der Waals surface area (Å²) in [5, 5.41) is 11.5. The minimum absolute atomic E-state index is 0.245. The van der Waals surface area contributed by atoms with Gasteiger partial charge in [0.15, 0.2) is 5.65 Å². The maximum Gasteiger partial charge on any atom is 0.181 e. The zero-order valence-electron chi connectivity index (χ0n) is 14.3. The maximum atomic E-state index is 5.79. The molecule has 0 amide bonds. The molecule has 130 valence electrons. The lowest BCUT2D eigenvalue weighted by Gasteiger charge is -2.12. The lowest BCUT2D eigenvalue weighted by molar-refractivity contribution is 0.0679. The van der Waals surface area contributed by atoms with Crippen molar-refractivity contribution in [3.63, 3.8) is 0 Å². The van der Waals surface area contributed by atoms with Crippen molar-refractivity contribution in [3.05, 3.63) is 47.8 Å². The Labute approximate surface area is 146 Å². The third-order valence-electron chi connectivity index (χ3n) is 4.48. The number of nitrogens with one attached hydrogen (secondary N) is 2. The van der Waals surface area contributed by atoms with Crippen molar-refractivity contribution in [2.75, 3.05) is 18.5 Å². The fourth-order valence-electron chi connectivity index (χ4n) is 2.99. The van der Waals surface area contributed by atoms with E-state index in [0.29, 0.717) is 6.61 Å². The molecule has 6 heteroatoms. The molecule has 6 nitrogen and oxygen atoms in total. The number of aryl methyl sites for hydroxylation is 1. The Morgan fingerprint density at radius 2 is 2.20 bits per heavy atom. The molecule has 0 bridgehead atoms. The van der Waals surface area contributed by atoms with Crippen molar-refractivity contribution in [1.29, 1.82) is 0 Å². The first kappa shape index (κ1) is 15.9. The number of anilines is 1. The average molecular weight is 338 g/mol. The lowest BCUT2D eigenvalue weighted by atomic mass is 10.2. The van der Waals surface area contributed by atoms with Crippen molar-refractivity contribution in [2.45, 2.75) is 32.4 Å². The quantitative estimate of drug-likeness (QED) is 0.720. The minimum Gasteiger partial charge on any atom is -0.491 e. The van der Waals surface area contributed by atoms with Gasteiger partial charge in [0.2, 0.25) is 0 Å². The number of aromatic amines is 1. The predicted octanol–water partition coefficient (Wildman–Crippen LogP) is 3.44. The Morgan fingerprint density at radius 3 is 3.00 bits per heavy atom. The molecule has 1 aromatic carbocycles. The van der Waals surface area contributed by atoms with Crippen LogP contribution < -0.4 is 10.1 Å². The zero-order chi connectivity index (χ0) is 17.1. The Kier molecular flexibility index (Phi) is 4.52. The molecule has 1 unspecified atom stereocenters. The number of pyridine rings is 1. The van der Waals surface area contributed by atoms with Crippen molar-refractivity contribution < 1.29 is 9.47 Å². The summed E-state index contributed by atoms with van der Waals surface area (Å²) in [4.78, 5) is 4.35. The highest BCUT2D eigenvalue weighted by Gasteiger charge is 2.15. The summed E-state index contributed by atoms with van der Waals surface area (Å²) in [7, 11) is 0. The van der Waals surface area contributed by atoms with Gasteiger partial charge in [0.05, 0.1) is 18.0 Å². The van der Waals surface area contributed by atoms with Gasteiger partial charge < -0.3 is 14.8 Å². The van der Waals surface area contributed by atoms with Crippen LogP contribution >= 0.6 is 0 Å². The summed E-state index contributed by atoms with van der Waals surface area (Å²) in [5.74, 6) is 0.886. The molecule has 1 aliphatic rings. The second-order valence-corrected chi connectivity index (χ2v) is 6.39. The SMILES string of the molecule is Cc1[nH]nc2ncc(NCc3ccc(OCC4CCCO4)cc3)cc12. The molecule has 0 radical (unpaired) electrons. The maximum absolute atomic E-state index is 5.79. The van der Waals surface area contributed by atoms with Crippen molar-refractivity contribution in [2.24, 2.45) is 0 Å². The van der Waals surface area contributed by atoms with Crippen LogP contribution in [0.5, 0.6) is 5.75 Å². The van der Waals surface area contributed by atoms with Crippen molar-refractivity contribution in [1.82, 2.24) is 15.2 Å². The first-order valence-corrected chi connectivity index (χ1v) is 8.66. The Hall–Kier alpha value is -2.60.